The van der Waals surface area contributed by atoms with Gasteiger partial charge in [0.1, 0.15) is 6.61 Å². The van der Waals surface area contributed by atoms with Crippen molar-refractivity contribution in [2.24, 2.45) is 0 Å². The third-order valence-corrected chi connectivity index (χ3v) is 2.43. The van der Waals surface area contributed by atoms with E-state index in [1.165, 1.54) is 18.6 Å². The molecule has 1 aromatic rings. The fourth-order valence-electron chi connectivity index (χ4n) is 1.42. The molecule has 0 aliphatic rings. The van der Waals surface area contributed by atoms with Crippen molar-refractivity contribution in [1.82, 2.24) is 0 Å². The third-order valence-electron chi connectivity index (χ3n) is 2.43. The van der Waals surface area contributed by atoms with Crippen molar-refractivity contribution in [3.05, 3.63) is 41.5 Å². The topological polar surface area (TPSA) is 35.5 Å². The molecule has 0 aliphatic carbocycles. The summed E-state index contributed by atoms with van der Waals surface area (Å²) in [4.78, 5) is 10.9. The van der Waals surface area contributed by atoms with Gasteiger partial charge in [0.15, 0.2) is 17.3 Å². The van der Waals surface area contributed by atoms with E-state index in [1.807, 2.05) is 38.1 Å². The van der Waals surface area contributed by atoms with E-state index in [-0.39, 0.29) is 5.78 Å². The summed E-state index contributed by atoms with van der Waals surface area (Å²) in [5.74, 6) is 1.37. The van der Waals surface area contributed by atoms with Crippen molar-refractivity contribution >= 4 is 11.9 Å². The molecule has 0 amide bonds. The van der Waals surface area contributed by atoms with E-state index >= 15 is 0 Å². The van der Waals surface area contributed by atoms with Gasteiger partial charge in [-0.1, -0.05) is 17.7 Å². The van der Waals surface area contributed by atoms with Crippen molar-refractivity contribution in [2.75, 3.05) is 13.7 Å². The average molecular weight is 260 g/mol. The van der Waals surface area contributed by atoms with Gasteiger partial charge in [-0.3, -0.25) is 4.79 Å². The Bertz CT molecular complexity index is 495. The van der Waals surface area contributed by atoms with Gasteiger partial charge in [0.2, 0.25) is 0 Å². The smallest absolute Gasteiger partial charge is 0.161 e. The molecule has 0 saturated heterocycles. The van der Waals surface area contributed by atoms with Crippen LogP contribution in [0.1, 0.15) is 26.3 Å². The third kappa shape index (κ3) is 5.42. The molecule has 0 saturated carbocycles. The molecule has 0 aliphatic heterocycles. The predicted molar refractivity (Wildman–Crippen MR) is 77.6 cm³/mol. The molecule has 0 heterocycles. The Morgan fingerprint density at radius 1 is 1.21 bits per heavy atom. The fraction of sp³-hybridized carbons (Fsp3) is 0.312. The Morgan fingerprint density at radius 2 is 1.95 bits per heavy atom. The molecule has 0 fully saturated rings. The van der Waals surface area contributed by atoms with E-state index < -0.39 is 0 Å². The van der Waals surface area contributed by atoms with Crippen LogP contribution in [0.4, 0.5) is 0 Å². The summed E-state index contributed by atoms with van der Waals surface area (Å²) in [5.41, 5.74) is 2.11. The van der Waals surface area contributed by atoms with Crippen LogP contribution in [0.2, 0.25) is 0 Å². The molecular formula is C16H20O3. The Balaban J connectivity index is 2.84. The second kappa shape index (κ2) is 7.41. The van der Waals surface area contributed by atoms with Gasteiger partial charge in [0, 0.05) is 0 Å². The second-order valence-electron chi connectivity index (χ2n) is 4.45. The number of hydrogen-bond acceptors (Lipinski definition) is 3. The molecule has 3 nitrogen and oxygen atoms in total. The molecule has 0 radical (unpaired) electrons. The molecule has 0 bridgehead atoms. The van der Waals surface area contributed by atoms with Gasteiger partial charge in [0.05, 0.1) is 7.11 Å². The molecule has 0 atom stereocenters. The van der Waals surface area contributed by atoms with E-state index in [1.54, 1.807) is 13.2 Å². The Labute approximate surface area is 114 Å². The van der Waals surface area contributed by atoms with Gasteiger partial charge in [-0.15, -0.1) is 0 Å². The van der Waals surface area contributed by atoms with Crippen LogP contribution >= 0.6 is 0 Å². The van der Waals surface area contributed by atoms with Crippen molar-refractivity contribution in [3.8, 4) is 11.5 Å². The van der Waals surface area contributed by atoms with E-state index in [0.29, 0.717) is 18.1 Å². The maximum atomic E-state index is 10.9. The first-order chi connectivity index (χ1) is 9.02. The number of hydrogen-bond donors (Lipinski definition) is 0. The quantitative estimate of drug-likeness (QED) is 0.578. The summed E-state index contributed by atoms with van der Waals surface area (Å²) >= 11 is 0. The Kier molecular flexibility index (Phi) is 5.86. The van der Waals surface area contributed by atoms with Crippen LogP contribution in [0.3, 0.4) is 0 Å². The monoisotopic (exact) mass is 260 g/mol. The van der Waals surface area contributed by atoms with Crippen LogP contribution in [0.15, 0.2) is 35.9 Å². The van der Waals surface area contributed by atoms with Crippen molar-refractivity contribution in [2.45, 2.75) is 20.8 Å². The number of ketones is 1. The number of rotatable bonds is 6. The maximum absolute atomic E-state index is 10.9. The lowest BCUT2D eigenvalue weighted by molar-refractivity contribution is -0.112. The minimum absolute atomic E-state index is 0.0165. The standard InChI is InChI=1S/C16H20O3/c1-12(2)9-10-19-15-8-7-14(6-5-13(3)17)11-16(15)18-4/h5-9,11H,10H2,1-4H3/b6-5+. The predicted octanol–water partition coefficient (Wildman–Crippen LogP) is 3.64. The van der Waals surface area contributed by atoms with Crippen molar-refractivity contribution < 1.29 is 14.3 Å². The highest BCUT2D eigenvalue weighted by atomic mass is 16.5. The summed E-state index contributed by atoms with van der Waals surface area (Å²) in [7, 11) is 1.60. The van der Waals surface area contributed by atoms with Gasteiger partial charge in [-0.2, -0.15) is 0 Å². The summed E-state index contributed by atoms with van der Waals surface area (Å²) in [6.07, 6.45) is 5.28. The number of ether oxygens (including phenoxy) is 2. The second-order valence-corrected chi connectivity index (χ2v) is 4.45. The lowest BCUT2D eigenvalue weighted by Gasteiger charge is -2.10. The van der Waals surface area contributed by atoms with Crippen LogP contribution < -0.4 is 9.47 Å². The molecule has 1 rings (SSSR count). The molecule has 1 aromatic carbocycles. The number of benzene rings is 1. The maximum Gasteiger partial charge on any atom is 0.161 e. The number of carbonyl (C=O) groups excluding carboxylic acids is 1. The minimum Gasteiger partial charge on any atom is -0.493 e. The highest BCUT2D eigenvalue weighted by Gasteiger charge is 2.04. The van der Waals surface area contributed by atoms with Crippen LogP contribution in [0.25, 0.3) is 6.08 Å². The van der Waals surface area contributed by atoms with Gasteiger partial charge in [0.25, 0.3) is 0 Å². The van der Waals surface area contributed by atoms with Crippen molar-refractivity contribution in [1.29, 1.82) is 0 Å². The molecule has 0 unspecified atom stereocenters. The molecule has 0 spiro atoms. The zero-order valence-corrected chi connectivity index (χ0v) is 11.9. The normalized spacial score (nSPS) is 10.3. The lowest BCUT2D eigenvalue weighted by atomic mass is 10.1. The van der Waals surface area contributed by atoms with Crippen LogP contribution in [0.5, 0.6) is 11.5 Å². The van der Waals surface area contributed by atoms with Gasteiger partial charge < -0.3 is 9.47 Å². The minimum atomic E-state index is 0.0165. The Hall–Kier alpha value is -2.03. The van der Waals surface area contributed by atoms with Crippen LogP contribution in [-0.2, 0) is 4.79 Å². The van der Waals surface area contributed by atoms with Gasteiger partial charge in [-0.05, 0) is 50.6 Å². The highest BCUT2D eigenvalue weighted by Crippen LogP contribution is 2.28. The molecule has 3 heteroatoms. The zero-order valence-electron chi connectivity index (χ0n) is 11.9. The highest BCUT2D eigenvalue weighted by molar-refractivity contribution is 5.91. The zero-order chi connectivity index (χ0) is 14.3. The fourth-order valence-corrected chi connectivity index (χ4v) is 1.42. The van der Waals surface area contributed by atoms with Crippen molar-refractivity contribution in [3.63, 3.8) is 0 Å². The van der Waals surface area contributed by atoms with E-state index in [4.69, 9.17) is 9.47 Å². The first-order valence-corrected chi connectivity index (χ1v) is 6.15. The lowest BCUT2D eigenvalue weighted by Crippen LogP contribution is -1.97. The summed E-state index contributed by atoms with van der Waals surface area (Å²) in [6.45, 7) is 6.08. The van der Waals surface area contributed by atoms with E-state index in [0.717, 1.165) is 5.56 Å². The van der Waals surface area contributed by atoms with Gasteiger partial charge >= 0.3 is 0 Å². The van der Waals surface area contributed by atoms with E-state index in [2.05, 4.69) is 0 Å². The molecule has 0 aromatic heterocycles. The average Bonchev–Trinajstić information content (AvgIpc) is 2.36. The summed E-state index contributed by atoms with van der Waals surface area (Å²) < 4.78 is 10.9. The molecule has 0 N–H and O–H groups in total. The number of methoxy groups -OCH3 is 1. The van der Waals surface area contributed by atoms with Gasteiger partial charge in [-0.25, -0.2) is 0 Å². The number of allylic oxidation sites excluding steroid dienone is 2. The summed E-state index contributed by atoms with van der Waals surface area (Å²) in [5, 5.41) is 0. The molecule has 102 valence electrons. The molecule has 19 heavy (non-hydrogen) atoms. The largest absolute Gasteiger partial charge is 0.493 e. The van der Waals surface area contributed by atoms with Crippen LogP contribution in [0, 0.1) is 0 Å². The molecular weight excluding hydrogens is 240 g/mol. The van der Waals surface area contributed by atoms with E-state index in [9.17, 15) is 4.79 Å². The SMILES string of the molecule is COc1cc(/C=C/C(C)=O)ccc1OCC=C(C)C. The summed E-state index contributed by atoms with van der Waals surface area (Å²) in [6, 6.07) is 5.58. The first kappa shape index (κ1) is 15.0. The Morgan fingerprint density at radius 3 is 2.53 bits per heavy atom. The van der Waals surface area contributed by atoms with Crippen LogP contribution in [-0.4, -0.2) is 19.5 Å². The number of carbonyl (C=O) groups is 1. The first-order valence-electron chi connectivity index (χ1n) is 6.15.